The van der Waals surface area contributed by atoms with Crippen molar-refractivity contribution in [3.05, 3.63) is 62.9 Å². The number of halogens is 2. The number of nitrogens with one attached hydrogen (secondary N) is 1. The number of hydrogen-bond acceptors (Lipinski definition) is 5. The maximum absolute atomic E-state index is 13.5. The maximum atomic E-state index is 13.5. The Kier molecular flexibility index (Phi) is 6.30. The Morgan fingerprint density at radius 3 is 2.52 bits per heavy atom. The summed E-state index contributed by atoms with van der Waals surface area (Å²) in [6.07, 6.45) is 0. The van der Waals surface area contributed by atoms with E-state index in [1.165, 1.54) is 29.2 Å². The minimum atomic E-state index is -1.06. The number of carbonyl (C=O) groups excluding carboxylic acids is 2. The van der Waals surface area contributed by atoms with Crippen molar-refractivity contribution < 1.29 is 23.6 Å². The lowest BCUT2D eigenvalue weighted by Gasteiger charge is -2.13. The van der Waals surface area contributed by atoms with E-state index >= 15 is 0 Å². The molecule has 0 fully saturated rings. The van der Waals surface area contributed by atoms with Crippen molar-refractivity contribution in [3.8, 4) is 5.75 Å². The number of hydrogen-bond donors (Lipinski definition) is 1. The third-order valence-corrected chi connectivity index (χ3v) is 3.69. The minimum Gasteiger partial charge on any atom is -0.484 e. The van der Waals surface area contributed by atoms with Gasteiger partial charge in [-0.25, -0.2) is 0 Å². The third kappa shape index (κ3) is 5.14. The summed E-state index contributed by atoms with van der Waals surface area (Å²) < 4.78 is 18.6. The van der Waals surface area contributed by atoms with Crippen LogP contribution in [0.25, 0.3) is 0 Å². The molecule has 0 spiro atoms. The Balaban J connectivity index is 1.98. The zero-order valence-electron chi connectivity index (χ0n) is 14.4. The molecule has 2 amide bonds. The van der Waals surface area contributed by atoms with Crippen LogP contribution in [0.2, 0.25) is 5.02 Å². The first-order chi connectivity index (χ1) is 12.7. The first-order valence-corrected chi connectivity index (χ1v) is 7.94. The van der Waals surface area contributed by atoms with Gasteiger partial charge in [0, 0.05) is 31.9 Å². The molecule has 0 saturated carbocycles. The van der Waals surface area contributed by atoms with Crippen LogP contribution < -0.4 is 10.1 Å². The minimum absolute atomic E-state index is 0.0294. The van der Waals surface area contributed by atoms with Crippen LogP contribution in [0.15, 0.2) is 36.4 Å². The van der Waals surface area contributed by atoms with Crippen LogP contribution in [0, 0.1) is 15.9 Å². The molecule has 0 aliphatic rings. The van der Waals surface area contributed by atoms with Crippen molar-refractivity contribution >= 4 is 34.8 Å². The van der Waals surface area contributed by atoms with E-state index in [9.17, 15) is 24.1 Å². The second kappa shape index (κ2) is 8.45. The molecule has 0 radical (unpaired) electrons. The second-order valence-electron chi connectivity index (χ2n) is 5.60. The zero-order valence-corrected chi connectivity index (χ0v) is 15.1. The number of nitro groups is 1. The fourth-order valence-corrected chi connectivity index (χ4v) is 2.34. The van der Waals surface area contributed by atoms with Crippen molar-refractivity contribution in [1.29, 1.82) is 0 Å². The van der Waals surface area contributed by atoms with Gasteiger partial charge in [0.1, 0.15) is 5.75 Å². The summed E-state index contributed by atoms with van der Waals surface area (Å²) in [5.41, 5.74) is -0.0511. The number of rotatable bonds is 6. The Bertz CT molecular complexity index is 904. The predicted molar refractivity (Wildman–Crippen MR) is 96.6 cm³/mol. The number of carbonyl (C=O) groups is 2. The largest absolute Gasteiger partial charge is 0.484 e. The summed E-state index contributed by atoms with van der Waals surface area (Å²) in [4.78, 5) is 34.9. The summed E-state index contributed by atoms with van der Waals surface area (Å²) in [6.45, 7) is -0.451. The molecule has 10 heteroatoms. The number of anilines is 1. The van der Waals surface area contributed by atoms with Crippen LogP contribution in [0.1, 0.15) is 10.4 Å². The summed E-state index contributed by atoms with van der Waals surface area (Å²) >= 11 is 6.06. The lowest BCUT2D eigenvalue weighted by Crippen LogP contribution is -2.22. The highest BCUT2D eigenvalue weighted by molar-refractivity contribution is 6.34. The number of nitrogens with zero attached hydrogens (tertiary/aromatic N) is 2. The molecule has 8 nitrogen and oxygen atoms in total. The first kappa shape index (κ1) is 20.1. The number of ether oxygens (including phenoxy) is 1. The summed E-state index contributed by atoms with van der Waals surface area (Å²) in [5, 5.41) is 13.2. The third-order valence-electron chi connectivity index (χ3n) is 3.38. The van der Waals surface area contributed by atoms with Crippen LogP contribution in [0.3, 0.4) is 0 Å². The van der Waals surface area contributed by atoms with Crippen molar-refractivity contribution in [1.82, 2.24) is 4.90 Å². The van der Waals surface area contributed by atoms with Crippen LogP contribution in [-0.2, 0) is 4.79 Å². The predicted octanol–water partition coefficient (Wildman–Crippen LogP) is 3.11. The molecule has 0 unspecified atom stereocenters. The van der Waals surface area contributed by atoms with Gasteiger partial charge in [-0.2, -0.15) is 4.39 Å². The lowest BCUT2D eigenvalue weighted by atomic mass is 10.2. The van der Waals surface area contributed by atoms with E-state index in [1.807, 2.05) is 0 Å². The number of amides is 2. The standard InChI is InChI=1S/C17H15ClFN3O5/c1-21(2)17(24)12-5-3-10(7-13(12)18)20-16(23)9-27-11-4-6-15(22(25)26)14(19)8-11/h3-8H,9H2,1-2H3,(H,20,23). The fraction of sp³-hybridized carbons (Fsp3) is 0.176. The highest BCUT2D eigenvalue weighted by atomic mass is 35.5. The van der Waals surface area contributed by atoms with E-state index in [4.69, 9.17) is 16.3 Å². The average molecular weight is 396 g/mol. The van der Waals surface area contributed by atoms with Crippen LogP contribution in [0.5, 0.6) is 5.75 Å². The van der Waals surface area contributed by atoms with Gasteiger partial charge < -0.3 is 15.0 Å². The SMILES string of the molecule is CN(C)C(=O)c1ccc(NC(=O)COc2ccc([N+](=O)[O-])c(F)c2)cc1Cl. The average Bonchev–Trinajstić information content (AvgIpc) is 2.59. The van der Waals surface area contributed by atoms with Crippen molar-refractivity contribution in [2.24, 2.45) is 0 Å². The van der Waals surface area contributed by atoms with Crippen LogP contribution >= 0.6 is 11.6 Å². The smallest absolute Gasteiger partial charge is 0.305 e. The van der Waals surface area contributed by atoms with E-state index in [0.29, 0.717) is 5.69 Å². The van der Waals surface area contributed by atoms with Gasteiger partial charge in [-0.3, -0.25) is 19.7 Å². The van der Waals surface area contributed by atoms with Crippen LogP contribution in [0.4, 0.5) is 15.8 Å². The molecule has 0 aromatic heterocycles. The van der Waals surface area contributed by atoms with Gasteiger partial charge in [0.15, 0.2) is 6.61 Å². The monoisotopic (exact) mass is 395 g/mol. The summed E-state index contributed by atoms with van der Waals surface area (Å²) in [7, 11) is 3.18. The van der Waals surface area contributed by atoms with Gasteiger partial charge in [0.2, 0.25) is 5.82 Å². The van der Waals surface area contributed by atoms with E-state index in [1.54, 1.807) is 14.1 Å². The topological polar surface area (TPSA) is 102 Å². The highest BCUT2D eigenvalue weighted by Gasteiger charge is 2.16. The Labute approximate surface area is 158 Å². The van der Waals surface area contributed by atoms with Gasteiger partial charge >= 0.3 is 5.69 Å². The summed E-state index contributed by atoms with van der Waals surface area (Å²) in [6, 6.07) is 7.36. The van der Waals surface area contributed by atoms with Gasteiger partial charge in [0.05, 0.1) is 15.5 Å². The van der Waals surface area contributed by atoms with Crippen molar-refractivity contribution in [3.63, 3.8) is 0 Å². The van der Waals surface area contributed by atoms with E-state index in [0.717, 1.165) is 12.1 Å². The van der Waals surface area contributed by atoms with Crippen LogP contribution in [-0.4, -0.2) is 42.3 Å². The van der Waals surface area contributed by atoms with Gasteiger partial charge in [-0.15, -0.1) is 0 Å². The summed E-state index contributed by atoms with van der Waals surface area (Å²) in [5.74, 6) is -1.93. The molecular formula is C17H15ClFN3O5. The van der Waals surface area contributed by atoms with Crippen molar-refractivity contribution in [2.75, 3.05) is 26.0 Å². The maximum Gasteiger partial charge on any atom is 0.305 e. The molecule has 0 aliphatic carbocycles. The molecule has 1 N–H and O–H groups in total. The zero-order chi connectivity index (χ0) is 20.1. The first-order valence-electron chi connectivity index (χ1n) is 7.57. The van der Waals surface area contributed by atoms with Gasteiger partial charge in [-0.1, -0.05) is 11.6 Å². The number of benzene rings is 2. The molecule has 2 aromatic rings. The molecule has 142 valence electrons. The Hall–Kier alpha value is -3.20. The fourth-order valence-electron chi connectivity index (χ4n) is 2.08. The molecule has 2 aromatic carbocycles. The molecule has 27 heavy (non-hydrogen) atoms. The Morgan fingerprint density at radius 2 is 1.96 bits per heavy atom. The van der Waals surface area contributed by atoms with Gasteiger partial charge in [0.25, 0.3) is 11.8 Å². The molecular weight excluding hydrogens is 381 g/mol. The lowest BCUT2D eigenvalue weighted by molar-refractivity contribution is -0.387. The van der Waals surface area contributed by atoms with E-state index in [-0.39, 0.29) is 22.2 Å². The van der Waals surface area contributed by atoms with E-state index < -0.39 is 28.9 Å². The molecule has 2 rings (SSSR count). The molecule has 0 heterocycles. The molecule has 0 aliphatic heterocycles. The van der Waals surface area contributed by atoms with Crippen molar-refractivity contribution in [2.45, 2.75) is 0 Å². The Morgan fingerprint density at radius 1 is 1.26 bits per heavy atom. The second-order valence-corrected chi connectivity index (χ2v) is 6.01. The molecule has 0 atom stereocenters. The van der Waals surface area contributed by atoms with Gasteiger partial charge in [-0.05, 0) is 24.3 Å². The number of nitro benzene ring substituents is 1. The molecule has 0 saturated heterocycles. The highest BCUT2D eigenvalue weighted by Crippen LogP contribution is 2.23. The quantitative estimate of drug-likeness (QED) is 0.598. The molecule has 0 bridgehead atoms. The normalized spacial score (nSPS) is 10.2. The van der Waals surface area contributed by atoms with E-state index in [2.05, 4.69) is 5.32 Å².